The molecule has 6 rings (SSSR count). The average Bonchev–Trinajstić information content (AvgIpc) is 3.26. The summed E-state index contributed by atoms with van der Waals surface area (Å²) >= 11 is 0. The molecule has 0 saturated carbocycles. The van der Waals surface area contributed by atoms with Gasteiger partial charge in [0.2, 0.25) is 10.4 Å². The lowest BCUT2D eigenvalue weighted by Gasteiger charge is -2.25. The molecule has 1 aromatic heterocycles. The summed E-state index contributed by atoms with van der Waals surface area (Å²) in [5.41, 5.74) is 0.886. The van der Waals surface area contributed by atoms with Crippen LogP contribution in [0.3, 0.4) is 0 Å². The number of urea groups is 1. The minimum Gasteiger partial charge on any atom is -0.724 e. The summed E-state index contributed by atoms with van der Waals surface area (Å²) in [6, 6.07) is 34.2. The molecule has 1 unspecified atom stereocenters. The minimum atomic E-state index is -5.06. The Bertz CT molecular complexity index is 1750. The van der Waals surface area contributed by atoms with E-state index in [1.165, 1.54) is 31.4 Å². The van der Waals surface area contributed by atoms with Crippen LogP contribution >= 0.6 is 7.26 Å². The molecule has 1 atom stereocenters. The van der Waals surface area contributed by atoms with Crippen molar-refractivity contribution in [3.63, 3.8) is 0 Å². The lowest BCUT2D eigenvalue weighted by Crippen LogP contribution is -2.36. The molecule has 0 radical (unpaired) electrons. The highest BCUT2D eigenvalue weighted by atomic mass is 32.3. The van der Waals surface area contributed by atoms with Gasteiger partial charge in [0.25, 0.3) is 5.56 Å². The van der Waals surface area contributed by atoms with Crippen molar-refractivity contribution in [2.45, 2.75) is 13.0 Å². The number of carbonyl (C=O) groups is 1. The van der Waals surface area contributed by atoms with Crippen molar-refractivity contribution in [1.29, 1.82) is 0 Å². The van der Waals surface area contributed by atoms with Gasteiger partial charge in [-0.3, -0.25) is 4.79 Å². The zero-order chi connectivity index (χ0) is 31.3. The Labute approximate surface area is 257 Å². The number of fused-ring (bicyclic) bond motifs is 2. The van der Waals surface area contributed by atoms with Gasteiger partial charge < -0.3 is 14.0 Å². The molecule has 0 N–H and O–H groups in total. The van der Waals surface area contributed by atoms with Gasteiger partial charge in [0.05, 0.1) is 12.4 Å². The summed E-state index contributed by atoms with van der Waals surface area (Å²) in [5.74, 6) is 2.41. The molecule has 2 aliphatic heterocycles. The SMILES string of the molecule is C/C=C\[P+](c1ccccc1)(c1ccccc1)c1ccccc1.Cn1ccc(C2=CCN3CC2N(OS(=O)(=O)[O-])C3=O)cc1=O. The minimum absolute atomic E-state index is 0.190. The van der Waals surface area contributed by atoms with Crippen LogP contribution in [0.25, 0.3) is 5.57 Å². The molecule has 1 fully saturated rings. The standard InChI is InChI=1S/C21H20P.C12H13N3O6S/c1-2-18-22(19-12-6-3-7-13-19,20-14-8-4-9-15-20)21-16-10-5-11-17-21;1-13-4-2-8(6-11(13)16)9-3-5-14-7-10(9)15(12(14)17)21-22(18,19)20/h2-18H,1H3;2-4,6,10H,5,7H2,1H3,(H,18,19,20)/q+1;/p-1/b18-2-;. The monoisotopic (exact) mass is 629 g/mol. The molecule has 11 heteroatoms. The number of hydrogen-bond acceptors (Lipinski definition) is 6. The van der Waals surface area contributed by atoms with E-state index in [0.29, 0.717) is 16.2 Å². The van der Waals surface area contributed by atoms with Crippen LogP contribution in [0, 0.1) is 0 Å². The maximum Gasteiger partial charge on any atom is 0.346 e. The summed E-state index contributed by atoms with van der Waals surface area (Å²) < 4.78 is 38.1. The van der Waals surface area contributed by atoms with Gasteiger partial charge in [0.1, 0.15) is 29.2 Å². The van der Waals surface area contributed by atoms with E-state index in [1.54, 1.807) is 25.4 Å². The van der Waals surface area contributed by atoms with E-state index >= 15 is 0 Å². The molecular formula is C33H32N3O6PS. The maximum atomic E-state index is 12.0. The molecular weight excluding hydrogens is 597 g/mol. The third kappa shape index (κ3) is 6.44. The molecule has 4 aromatic rings. The van der Waals surface area contributed by atoms with E-state index in [2.05, 4.69) is 114 Å². The van der Waals surface area contributed by atoms with Gasteiger partial charge in [-0.05, 0) is 60.5 Å². The Balaban J connectivity index is 0.000000175. The molecule has 0 aliphatic carbocycles. The van der Waals surface area contributed by atoms with E-state index in [4.69, 9.17) is 0 Å². The van der Waals surface area contributed by atoms with Gasteiger partial charge in [-0.25, -0.2) is 13.2 Å². The van der Waals surface area contributed by atoms with E-state index in [9.17, 15) is 22.6 Å². The summed E-state index contributed by atoms with van der Waals surface area (Å²) in [6.45, 7) is 2.55. The quantitative estimate of drug-likeness (QED) is 0.175. The largest absolute Gasteiger partial charge is 0.724 e. The summed E-state index contributed by atoms with van der Waals surface area (Å²) in [4.78, 5) is 25.1. The fraction of sp³-hybridized carbons (Fsp3) is 0.152. The van der Waals surface area contributed by atoms with Crippen molar-refractivity contribution in [1.82, 2.24) is 14.5 Å². The number of amides is 2. The number of hydroxylamine groups is 2. The van der Waals surface area contributed by atoms with Crippen LogP contribution in [0.2, 0.25) is 0 Å². The molecule has 2 amide bonds. The number of aromatic nitrogens is 1. The van der Waals surface area contributed by atoms with Gasteiger partial charge in [-0.2, -0.15) is 9.35 Å². The van der Waals surface area contributed by atoms with Crippen molar-refractivity contribution in [2.24, 2.45) is 7.05 Å². The number of pyridine rings is 1. The highest BCUT2D eigenvalue weighted by molar-refractivity contribution is 7.98. The lowest BCUT2D eigenvalue weighted by molar-refractivity contribution is -0.0171. The van der Waals surface area contributed by atoms with Crippen molar-refractivity contribution in [3.8, 4) is 0 Å². The van der Waals surface area contributed by atoms with Gasteiger partial charge >= 0.3 is 6.03 Å². The Hall–Kier alpha value is -4.34. The molecule has 2 aliphatic rings. The normalized spacial score (nSPS) is 16.5. The molecule has 0 spiro atoms. The summed E-state index contributed by atoms with van der Waals surface area (Å²) in [7, 11) is -5.20. The molecule has 226 valence electrons. The van der Waals surface area contributed by atoms with Gasteiger partial charge in [0.15, 0.2) is 0 Å². The summed E-state index contributed by atoms with van der Waals surface area (Å²) in [6.07, 6.45) is 5.47. The molecule has 3 aromatic carbocycles. The van der Waals surface area contributed by atoms with Crippen molar-refractivity contribution < 1.29 is 22.0 Å². The van der Waals surface area contributed by atoms with Crippen LogP contribution in [-0.4, -0.2) is 52.7 Å². The van der Waals surface area contributed by atoms with E-state index in [1.807, 2.05) is 0 Å². The molecule has 2 bridgehead atoms. The number of carbonyl (C=O) groups excluding carboxylic acids is 1. The predicted octanol–water partition coefficient (Wildman–Crippen LogP) is 3.79. The maximum absolute atomic E-state index is 12.0. The van der Waals surface area contributed by atoms with Crippen molar-refractivity contribution in [2.75, 3.05) is 13.1 Å². The summed E-state index contributed by atoms with van der Waals surface area (Å²) in [5, 5.41) is 4.74. The Morgan fingerprint density at radius 2 is 1.39 bits per heavy atom. The number of hydrogen-bond donors (Lipinski definition) is 0. The van der Waals surface area contributed by atoms with Crippen LogP contribution in [0.5, 0.6) is 0 Å². The third-order valence-electron chi connectivity index (χ3n) is 7.50. The Kier molecular flexibility index (Phi) is 9.27. The van der Waals surface area contributed by atoms with Gasteiger partial charge in [-0.1, -0.05) is 66.7 Å². The number of nitrogens with zero attached hydrogens (tertiary/aromatic N) is 3. The van der Waals surface area contributed by atoms with Gasteiger partial charge in [-0.15, -0.1) is 0 Å². The first-order chi connectivity index (χ1) is 21.1. The highest BCUT2D eigenvalue weighted by Gasteiger charge is 2.44. The zero-order valence-corrected chi connectivity index (χ0v) is 26.0. The van der Waals surface area contributed by atoms with E-state index in [-0.39, 0.29) is 18.6 Å². The van der Waals surface area contributed by atoms with Crippen LogP contribution in [0.4, 0.5) is 4.79 Å². The third-order valence-corrected chi connectivity index (χ3v) is 11.9. The second-order valence-electron chi connectivity index (χ2n) is 10.2. The molecule has 1 saturated heterocycles. The van der Waals surface area contributed by atoms with E-state index < -0.39 is 29.7 Å². The number of rotatable bonds is 7. The lowest BCUT2D eigenvalue weighted by atomic mass is 9.97. The second kappa shape index (κ2) is 13.1. The van der Waals surface area contributed by atoms with Crippen molar-refractivity contribution >= 4 is 45.2 Å². The number of benzene rings is 3. The zero-order valence-electron chi connectivity index (χ0n) is 24.3. The first kappa shape index (κ1) is 31.1. The Morgan fingerprint density at radius 1 is 0.864 bits per heavy atom. The van der Waals surface area contributed by atoms with Crippen LogP contribution < -0.4 is 21.5 Å². The van der Waals surface area contributed by atoms with Crippen LogP contribution in [0.1, 0.15) is 12.5 Å². The highest BCUT2D eigenvalue weighted by Crippen LogP contribution is 2.56. The fourth-order valence-electron chi connectivity index (χ4n) is 5.49. The molecule has 44 heavy (non-hydrogen) atoms. The van der Waals surface area contributed by atoms with Crippen LogP contribution in [0.15, 0.2) is 132 Å². The first-order valence-corrected chi connectivity index (χ1v) is 17.1. The van der Waals surface area contributed by atoms with Crippen LogP contribution in [-0.2, 0) is 21.7 Å². The average molecular weight is 630 g/mol. The molecule has 9 nitrogen and oxygen atoms in total. The number of aryl methyl sites for hydroxylation is 1. The fourth-order valence-corrected chi connectivity index (χ4v) is 9.64. The molecule has 3 heterocycles. The topological polar surface area (TPSA) is 112 Å². The Morgan fingerprint density at radius 3 is 1.84 bits per heavy atom. The predicted molar refractivity (Wildman–Crippen MR) is 173 cm³/mol. The van der Waals surface area contributed by atoms with Crippen molar-refractivity contribution in [3.05, 3.63) is 143 Å². The first-order valence-electron chi connectivity index (χ1n) is 13.9. The smallest absolute Gasteiger partial charge is 0.346 e. The van der Waals surface area contributed by atoms with E-state index in [0.717, 1.165) is 0 Å². The second-order valence-corrected chi connectivity index (χ2v) is 14.5. The number of allylic oxidation sites excluding steroid dienone is 1. The van der Waals surface area contributed by atoms with Gasteiger partial charge in [0, 0.05) is 25.9 Å².